The van der Waals surface area contributed by atoms with Gasteiger partial charge in [-0.15, -0.1) is 11.3 Å². The van der Waals surface area contributed by atoms with Crippen molar-refractivity contribution in [2.24, 2.45) is 5.92 Å². The van der Waals surface area contributed by atoms with Gasteiger partial charge in [0.15, 0.2) is 0 Å². The fraction of sp³-hybridized carbons (Fsp3) is 0.0577. The summed E-state index contributed by atoms with van der Waals surface area (Å²) in [4.78, 5) is 6.90. The number of nitrogens with zero attached hydrogens (tertiary/aromatic N) is 3. The minimum atomic E-state index is 0.572. The molecule has 0 radical (unpaired) electrons. The molecule has 1 aliphatic carbocycles. The molecule has 0 saturated heterocycles. The van der Waals surface area contributed by atoms with E-state index in [1.807, 2.05) is 23.7 Å². The molecular weight excluding hydrogens is 699 g/mol. The fourth-order valence-electron chi connectivity index (χ4n) is 8.54. The minimum absolute atomic E-state index is 0.572. The zero-order chi connectivity index (χ0) is 37.2. The SMILES string of the molecule is CC1C=CC(n2c3ccccc3c3cc(-c4ccc(N(c5ccc(-c6ccc7sc8ccccc8c7c6)cc5)c5cccc6ccncc56)cc4)ccc32)=CC1. The first kappa shape index (κ1) is 32.7. The van der Waals surface area contributed by atoms with E-state index >= 15 is 0 Å². The topological polar surface area (TPSA) is 21.1 Å². The molecular formula is C52H37N3S. The van der Waals surface area contributed by atoms with E-state index in [4.69, 9.17) is 0 Å². The number of rotatable bonds is 6. The summed E-state index contributed by atoms with van der Waals surface area (Å²) in [6.07, 6.45) is 11.9. The highest BCUT2D eigenvalue weighted by atomic mass is 32.1. The van der Waals surface area contributed by atoms with Crippen LogP contribution in [0.3, 0.4) is 0 Å². The Morgan fingerprint density at radius 1 is 0.571 bits per heavy atom. The van der Waals surface area contributed by atoms with Gasteiger partial charge in [0.1, 0.15) is 0 Å². The lowest BCUT2D eigenvalue weighted by Crippen LogP contribution is -2.10. The normalized spacial score (nSPS) is 14.3. The molecule has 0 bridgehead atoms. The van der Waals surface area contributed by atoms with Crippen LogP contribution in [-0.2, 0) is 0 Å². The molecule has 3 heterocycles. The second kappa shape index (κ2) is 13.2. The summed E-state index contributed by atoms with van der Waals surface area (Å²) in [7, 11) is 0. The van der Waals surface area contributed by atoms with Crippen LogP contribution in [0.25, 0.3) is 80.7 Å². The molecule has 1 unspecified atom stereocenters. The molecule has 3 nitrogen and oxygen atoms in total. The summed E-state index contributed by atoms with van der Waals surface area (Å²) in [5.74, 6) is 0.572. The van der Waals surface area contributed by atoms with E-state index in [-0.39, 0.29) is 0 Å². The number of anilines is 3. The van der Waals surface area contributed by atoms with Crippen LogP contribution in [0.5, 0.6) is 0 Å². The molecule has 0 aliphatic heterocycles. The average Bonchev–Trinajstić information content (AvgIpc) is 3.80. The van der Waals surface area contributed by atoms with Gasteiger partial charge in [0.05, 0.1) is 16.7 Å². The molecule has 0 amide bonds. The van der Waals surface area contributed by atoms with E-state index in [1.165, 1.54) is 69.9 Å². The predicted octanol–water partition coefficient (Wildman–Crippen LogP) is 15.0. The summed E-state index contributed by atoms with van der Waals surface area (Å²) >= 11 is 1.86. The smallest absolute Gasteiger partial charge is 0.0555 e. The third-order valence-corrected chi connectivity index (χ3v) is 12.6. The van der Waals surface area contributed by atoms with Crippen molar-refractivity contribution in [1.82, 2.24) is 9.55 Å². The quantitative estimate of drug-likeness (QED) is 0.170. The van der Waals surface area contributed by atoms with Crippen LogP contribution in [0.1, 0.15) is 13.3 Å². The maximum atomic E-state index is 4.54. The number of benzene rings is 7. The first-order valence-corrected chi connectivity index (χ1v) is 20.1. The van der Waals surface area contributed by atoms with Gasteiger partial charge in [-0.25, -0.2) is 0 Å². The van der Waals surface area contributed by atoms with Crippen molar-refractivity contribution in [3.63, 3.8) is 0 Å². The number of hydrogen-bond donors (Lipinski definition) is 0. The maximum Gasteiger partial charge on any atom is 0.0555 e. The van der Waals surface area contributed by atoms with Gasteiger partial charge in [0.2, 0.25) is 0 Å². The van der Waals surface area contributed by atoms with Crippen LogP contribution in [0, 0.1) is 5.92 Å². The van der Waals surface area contributed by atoms with Crippen molar-refractivity contribution in [1.29, 1.82) is 0 Å². The Labute approximate surface area is 329 Å². The minimum Gasteiger partial charge on any atom is -0.310 e. The lowest BCUT2D eigenvalue weighted by molar-refractivity contribution is 0.735. The van der Waals surface area contributed by atoms with Gasteiger partial charge in [-0.2, -0.15) is 0 Å². The molecule has 266 valence electrons. The van der Waals surface area contributed by atoms with E-state index in [9.17, 15) is 0 Å². The summed E-state index contributed by atoms with van der Waals surface area (Å²) in [6.45, 7) is 2.27. The second-order valence-corrected chi connectivity index (χ2v) is 16.0. The summed E-state index contributed by atoms with van der Waals surface area (Å²) in [5, 5.41) is 7.45. The van der Waals surface area contributed by atoms with Crippen molar-refractivity contribution in [3.8, 4) is 22.3 Å². The number of fused-ring (bicyclic) bond motifs is 7. The molecule has 11 rings (SSSR count). The predicted molar refractivity (Wildman–Crippen MR) is 240 cm³/mol. The van der Waals surface area contributed by atoms with Gasteiger partial charge in [-0.3, -0.25) is 4.98 Å². The third kappa shape index (κ3) is 5.44. The second-order valence-electron chi connectivity index (χ2n) is 14.9. The Balaban J connectivity index is 0.985. The Hall–Kier alpha value is -6.75. The van der Waals surface area contributed by atoms with Gasteiger partial charge < -0.3 is 9.47 Å². The number of thiophene rings is 1. The van der Waals surface area contributed by atoms with E-state index in [0.29, 0.717) is 5.92 Å². The highest BCUT2D eigenvalue weighted by Crippen LogP contribution is 2.42. The Morgan fingerprint density at radius 2 is 1.23 bits per heavy atom. The van der Waals surface area contributed by atoms with Crippen LogP contribution in [0.15, 0.2) is 188 Å². The molecule has 1 atom stereocenters. The Morgan fingerprint density at radius 3 is 2.00 bits per heavy atom. The van der Waals surface area contributed by atoms with Gasteiger partial charge in [-0.1, -0.05) is 104 Å². The summed E-state index contributed by atoms with van der Waals surface area (Å²) < 4.78 is 5.07. The van der Waals surface area contributed by atoms with E-state index in [0.717, 1.165) is 34.3 Å². The third-order valence-electron chi connectivity index (χ3n) is 11.4. The number of allylic oxidation sites excluding steroid dienone is 4. The standard InChI is InChI=1S/C52H37N3S/c1-34-13-21-42(22-14-34)55-48-10-4-2-8-43(48)45-31-38(19-27-50(45)55)35-15-23-40(24-16-35)54(49-11-6-7-37-29-30-53-33-47(37)49)41-25-17-36(18-26-41)39-20-28-52-46(32-39)44-9-3-5-12-51(44)56-52/h2-13,15-34H,14H2,1H3. The van der Waals surface area contributed by atoms with Gasteiger partial charge in [0, 0.05) is 65.8 Å². The summed E-state index contributed by atoms with van der Waals surface area (Å²) in [5.41, 5.74) is 11.8. The van der Waals surface area contributed by atoms with Crippen LogP contribution in [0.4, 0.5) is 17.1 Å². The Bertz CT molecular complexity index is 3180. The molecule has 1 aliphatic rings. The largest absolute Gasteiger partial charge is 0.310 e. The van der Waals surface area contributed by atoms with Crippen LogP contribution < -0.4 is 4.90 Å². The van der Waals surface area contributed by atoms with Crippen molar-refractivity contribution >= 4 is 86.8 Å². The van der Waals surface area contributed by atoms with Crippen molar-refractivity contribution in [2.75, 3.05) is 4.90 Å². The fourth-order valence-corrected chi connectivity index (χ4v) is 9.63. The number of pyridine rings is 1. The zero-order valence-electron chi connectivity index (χ0n) is 30.9. The highest BCUT2D eigenvalue weighted by Gasteiger charge is 2.18. The summed E-state index contributed by atoms with van der Waals surface area (Å²) in [6, 6.07) is 57.9. The molecule has 0 spiro atoms. The van der Waals surface area contributed by atoms with E-state index in [1.54, 1.807) is 0 Å². The van der Waals surface area contributed by atoms with Crippen molar-refractivity contribution < 1.29 is 0 Å². The number of aromatic nitrogens is 2. The van der Waals surface area contributed by atoms with Crippen LogP contribution >= 0.6 is 11.3 Å². The van der Waals surface area contributed by atoms with Gasteiger partial charge >= 0.3 is 0 Å². The lowest BCUT2D eigenvalue weighted by atomic mass is 10.0. The molecule has 56 heavy (non-hydrogen) atoms. The molecule has 3 aromatic heterocycles. The molecule has 4 heteroatoms. The van der Waals surface area contributed by atoms with Gasteiger partial charge in [0.25, 0.3) is 0 Å². The van der Waals surface area contributed by atoms with E-state index in [2.05, 4.69) is 197 Å². The van der Waals surface area contributed by atoms with Crippen LogP contribution in [-0.4, -0.2) is 9.55 Å². The maximum absolute atomic E-state index is 4.54. The lowest BCUT2D eigenvalue weighted by Gasteiger charge is -2.27. The number of para-hydroxylation sites is 1. The first-order chi connectivity index (χ1) is 27.7. The molecule has 0 fully saturated rings. The number of hydrogen-bond acceptors (Lipinski definition) is 3. The average molecular weight is 736 g/mol. The highest BCUT2D eigenvalue weighted by molar-refractivity contribution is 7.25. The molecule has 7 aromatic carbocycles. The van der Waals surface area contributed by atoms with E-state index < -0.39 is 0 Å². The van der Waals surface area contributed by atoms with Crippen LogP contribution in [0.2, 0.25) is 0 Å². The van der Waals surface area contributed by atoms with Gasteiger partial charge in [-0.05, 0) is 119 Å². The molecule has 10 aromatic rings. The van der Waals surface area contributed by atoms with Crippen molar-refractivity contribution in [2.45, 2.75) is 13.3 Å². The Kier molecular flexibility index (Phi) is 7.71. The first-order valence-electron chi connectivity index (χ1n) is 19.3. The zero-order valence-corrected chi connectivity index (χ0v) is 31.7. The van der Waals surface area contributed by atoms with Crippen molar-refractivity contribution in [3.05, 3.63) is 188 Å². The monoisotopic (exact) mass is 735 g/mol. The molecule has 0 saturated carbocycles. The molecule has 0 N–H and O–H groups in total.